The minimum Gasteiger partial charge on any atom is -0.503 e. The summed E-state index contributed by atoms with van der Waals surface area (Å²) in [7, 11) is 0. The van der Waals surface area contributed by atoms with Crippen molar-refractivity contribution in [3.63, 3.8) is 0 Å². The van der Waals surface area contributed by atoms with E-state index in [1.807, 2.05) is 24.3 Å². The molecule has 27 heavy (non-hydrogen) atoms. The van der Waals surface area contributed by atoms with Gasteiger partial charge in [-0.25, -0.2) is 8.78 Å². The molecule has 0 spiro atoms. The van der Waals surface area contributed by atoms with Gasteiger partial charge in [-0.3, -0.25) is 14.5 Å². The Labute approximate surface area is 153 Å². The van der Waals surface area contributed by atoms with Crippen LogP contribution in [0.2, 0.25) is 0 Å². The van der Waals surface area contributed by atoms with E-state index in [2.05, 4.69) is 5.32 Å². The molecule has 0 saturated carbocycles. The van der Waals surface area contributed by atoms with Gasteiger partial charge in [0.1, 0.15) is 11.6 Å². The molecule has 1 aliphatic carbocycles. The van der Waals surface area contributed by atoms with Crippen LogP contribution in [0.1, 0.15) is 23.6 Å². The predicted octanol–water partition coefficient (Wildman–Crippen LogP) is 2.93. The minimum absolute atomic E-state index is 0.131. The zero-order valence-electron chi connectivity index (χ0n) is 14.2. The average Bonchev–Trinajstić information content (AvgIpc) is 3.18. The first-order valence-corrected chi connectivity index (χ1v) is 8.53. The highest BCUT2D eigenvalue weighted by molar-refractivity contribution is 6.14. The first kappa shape index (κ1) is 17.2. The standard InChI is InChI=1S/C20H16F2N2O3/c21-12-6-8-17(15(22)9-12)24-10-14(18(25)20(24)27)19(26)23-16-7-5-11-3-1-2-4-13(11)16/h1-4,6,8-9,16,25H,5,7,10H2,(H,23,26)/t16-/m1/s1. The lowest BCUT2D eigenvalue weighted by molar-refractivity contribution is -0.119. The van der Waals surface area contributed by atoms with Gasteiger partial charge in [0.05, 0.1) is 23.8 Å². The van der Waals surface area contributed by atoms with E-state index in [0.717, 1.165) is 41.0 Å². The zero-order valence-corrected chi connectivity index (χ0v) is 14.2. The second kappa shape index (κ2) is 6.50. The van der Waals surface area contributed by atoms with Crippen molar-refractivity contribution in [2.24, 2.45) is 0 Å². The predicted molar refractivity (Wildman–Crippen MR) is 94.0 cm³/mol. The molecular weight excluding hydrogens is 354 g/mol. The Kier molecular flexibility index (Phi) is 4.14. The number of hydrogen-bond acceptors (Lipinski definition) is 3. The summed E-state index contributed by atoms with van der Waals surface area (Å²) < 4.78 is 27.1. The molecule has 0 fully saturated rings. The first-order chi connectivity index (χ1) is 13.0. The number of hydrogen-bond donors (Lipinski definition) is 2. The summed E-state index contributed by atoms with van der Waals surface area (Å²) in [5, 5.41) is 12.9. The summed E-state index contributed by atoms with van der Waals surface area (Å²) >= 11 is 0. The van der Waals surface area contributed by atoms with Gasteiger partial charge in [-0.1, -0.05) is 24.3 Å². The number of benzene rings is 2. The summed E-state index contributed by atoms with van der Waals surface area (Å²) in [6.45, 7) is -0.284. The molecule has 1 heterocycles. The Morgan fingerprint density at radius 3 is 2.74 bits per heavy atom. The monoisotopic (exact) mass is 370 g/mol. The fraction of sp³-hybridized carbons (Fsp3) is 0.200. The number of fused-ring (bicyclic) bond motifs is 1. The number of halogens is 2. The fourth-order valence-electron chi connectivity index (χ4n) is 3.59. The highest BCUT2D eigenvalue weighted by Crippen LogP contribution is 2.32. The lowest BCUT2D eigenvalue weighted by Crippen LogP contribution is -2.32. The minimum atomic E-state index is -0.942. The van der Waals surface area contributed by atoms with Crippen molar-refractivity contribution in [3.05, 3.63) is 76.6 Å². The third kappa shape index (κ3) is 2.95. The van der Waals surface area contributed by atoms with Gasteiger partial charge >= 0.3 is 0 Å². The lowest BCUT2D eigenvalue weighted by atomic mass is 10.1. The Morgan fingerprint density at radius 1 is 1.19 bits per heavy atom. The molecule has 2 amide bonds. The van der Waals surface area contributed by atoms with E-state index in [-0.39, 0.29) is 23.8 Å². The molecule has 2 aliphatic rings. The molecule has 0 saturated heterocycles. The Hall–Kier alpha value is -3.22. The van der Waals surface area contributed by atoms with Crippen LogP contribution in [0, 0.1) is 11.6 Å². The van der Waals surface area contributed by atoms with Crippen molar-refractivity contribution in [1.29, 1.82) is 0 Å². The quantitative estimate of drug-likeness (QED) is 0.873. The molecule has 7 heteroatoms. The fourth-order valence-corrected chi connectivity index (χ4v) is 3.59. The number of aliphatic hydroxyl groups excluding tert-OH is 1. The van der Waals surface area contributed by atoms with Gasteiger partial charge in [0, 0.05) is 6.07 Å². The van der Waals surface area contributed by atoms with Gasteiger partial charge in [0.15, 0.2) is 5.76 Å². The van der Waals surface area contributed by atoms with E-state index in [1.165, 1.54) is 0 Å². The van der Waals surface area contributed by atoms with Gasteiger partial charge in [-0.15, -0.1) is 0 Å². The zero-order chi connectivity index (χ0) is 19.1. The third-order valence-electron chi connectivity index (χ3n) is 4.96. The number of carbonyl (C=O) groups excluding carboxylic acids is 2. The van der Waals surface area contributed by atoms with Crippen LogP contribution in [0.25, 0.3) is 0 Å². The summed E-state index contributed by atoms with van der Waals surface area (Å²) in [5.74, 6) is -3.91. The van der Waals surface area contributed by atoms with Gasteiger partial charge in [-0.05, 0) is 36.1 Å². The maximum Gasteiger partial charge on any atom is 0.294 e. The highest BCUT2D eigenvalue weighted by Gasteiger charge is 2.37. The van der Waals surface area contributed by atoms with Crippen molar-refractivity contribution < 1.29 is 23.5 Å². The largest absolute Gasteiger partial charge is 0.503 e. The number of amides is 2. The number of nitrogens with one attached hydrogen (secondary N) is 1. The molecule has 0 bridgehead atoms. The number of nitrogens with zero attached hydrogens (tertiary/aromatic N) is 1. The normalized spacial score (nSPS) is 18.8. The van der Waals surface area contributed by atoms with E-state index in [1.54, 1.807) is 0 Å². The Bertz CT molecular complexity index is 987. The molecule has 0 radical (unpaired) electrons. The molecule has 1 aliphatic heterocycles. The molecule has 2 N–H and O–H groups in total. The number of rotatable bonds is 3. The third-order valence-corrected chi connectivity index (χ3v) is 4.96. The van der Waals surface area contributed by atoms with Crippen molar-refractivity contribution in [2.45, 2.75) is 18.9 Å². The van der Waals surface area contributed by atoms with E-state index < -0.39 is 29.2 Å². The molecule has 2 aromatic rings. The van der Waals surface area contributed by atoms with Crippen LogP contribution < -0.4 is 10.2 Å². The Morgan fingerprint density at radius 2 is 1.96 bits per heavy atom. The van der Waals surface area contributed by atoms with Crippen molar-refractivity contribution >= 4 is 17.5 Å². The summed E-state index contributed by atoms with van der Waals surface area (Å²) in [5.41, 5.74) is 1.84. The summed E-state index contributed by atoms with van der Waals surface area (Å²) in [6.07, 6.45) is 1.56. The summed E-state index contributed by atoms with van der Waals surface area (Å²) in [4.78, 5) is 25.8. The first-order valence-electron chi connectivity index (χ1n) is 8.53. The van der Waals surface area contributed by atoms with Crippen LogP contribution in [-0.2, 0) is 16.0 Å². The number of aryl methyl sites for hydroxylation is 1. The average molecular weight is 370 g/mol. The van der Waals surface area contributed by atoms with Gasteiger partial charge in [0.25, 0.3) is 11.8 Å². The Balaban J connectivity index is 1.54. The van der Waals surface area contributed by atoms with Crippen LogP contribution in [0.5, 0.6) is 0 Å². The van der Waals surface area contributed by atoms with E-state index in [4.69, 9.17) is 0 Å². The molecule has 1 atom stereocenters. The SMILES string of the molecule is O=C(N[C@@H]1CCc2ccccc21)C1=C(O)C(=O)N(c2ccc(F)cc2F)C1. The van der Waals surface area contributed by atoms with Crippen LogP contribution >= 0.6 is 0 Å². The molecule has 0 aromatic heterocycles. The van der Waals surface area contributed by atoms with Gasteiger partial charge < -0.3 is 10.4 Å². The number of carbonyl (C=O) groups is 2. The highest BCUT2D eigenvalue weighted by atomic mass is 19.1. The van der Waals surface area contributed by atoms with Crippen LogP contribution in [-0.4, -0.2) is 23.5 Å². The molecule has 4 rings (SSSR count). The maximum atomic E-state index is 14.0. The maximum absolute atomic E-state index is 14.0. The number of aliphatic hydroxyl groups is 1. The second-order valence-corrected chi connectivity index (χ2v) is 6.58. The summed E-state index contributed by atoms with van der Waals surface area (Å²) in [6, 6.07) is 10.3. The second-order valence-electron chi connectivity index (χ2n) is 6.58. The van der Waals surface area contributed by atoms with Crippen molar-refractivity contribution in [1.82, 2.24) is 5.32 Å². The smallest absolute Gasteiger partial charge is 0.294 e. The van der Waals surface area contributed by atoms with Crippen LogP contribution in [0.4, 0.5) is 14.5 Å². The van der Waals surface area contributed by atoms with Gasteiger partial charge in [-0.2, -0.15) is 0 Å². The lowest BCUT2D eigenvalue weighted by Gasteiger charge is -2.18. The van der Waals surface area contributed by atoms with Crippen molar-refractivity contribution in [3.8, 4) is 0 Å². The number of anilines is 1. The molecule has 2 aromatic carbocycles. The van der Waals surface area contributed by atoms with Crippen molar-refractivity contribution in [2.75, 3.05) is 11.4 Å². The molecule has 5 nitrogen and oxygen atoms in total. The van der Waals surface area contributed by atoms with Crippen LogP contribution in [0.15, 0.2) is 53.8 Å². The van der Waals surface area contributed by atoms with Gasteiger partial charge in [0.2, 0.25) is 0 Å². The molecule has 0 unspecified atom stereocenters. The van der Waals surface area contributed by atoms with E-state index >= 15 is 0 Å². The van der Waals surface area contributed by atoms with Crippen LogP contribution in [0.3, 0.4) is 0 Å². The van der Waals surface area contributed by atoms with E-state index in [0.29, 0.717) is 6.07 Å². The molecular formula is C20H16F2N2O3. The molecule has 138 valence electrons. The van der Waals surface area contributed by atoms with E-state index in [9.17, 15) is 23.5 Å². The topological polar surface area (TPSA) is 69.6 Å².